The van der Waals surface area contributed by atoms with Crippen molar-refractivity contribution in [2.24, 2.45) is 5.41 Å². The number of ether oxygens (including phenoxy) is 2. The summed E-state index contributed by atoms with van der Waals surface area (Å²) in [4.78, 5) is 11.9. The van der Waals surface area contributed by atoms with Crippen LogP contribution in [0.15, 0.2) is 23.8 Å². The summed E-state index contributed by atoms with van der Waals surface area (Å²) in [5.74, 6) is -0.480. The molecule has 9 heteroatoms. The standard InChI is InChI=1S/C19H30O9/c1-9-7-11(21)16(25)18(3,4)19(9,26)6-5-10(2)27-17-15(24)14(23)13(22)12(8-20)28-17/h5-7,10,12-17,20,22-26H,8H2,1-4H3/b6-5+/t10-,12+,13+,14-,15+,16-,17+,19+/m0/s1. The van der Waals surface area contributed by atoms with Gasteiger partial charge in [0.2, 0.25) is 0 Å². The molecule has 28 heavy (non-hydrogen) atoms. The molecule has 0 bridgehead atoms. The second-order valence-electron chi connectivity index (χ2n) is 8.02. The van der Waals surface area contributed by atoms with Crippen LogP contribution in [0.5, 0.6) is 0 Å². The average molecular weight is 402 g/mol. The molecule has 8 atom stereocenters. The zero-order valence-electron chi connectivity index (χ0n) is 16.4. The molecule has 0 aromatic carbocycles. The molecule has 1 fully saturated rings. The quantitative estimate of drug-likeness (QED) is 0.298. The van der Waals surface area contributed by atoms with Gasteiger partial charge in [0, 0.05) is 5.41 Å². The van der Waals surface area contributed by atoms with Crippen LogP contribution in [0.2, 0.25) is 0 Å². The van der Waals surface area contributed by atoms with Crippen LogP contribution in [0, 0.1) is 5.41 Å². The van der Waals surface area contributed by atoms with E-state index in [1.807, 2.05) is 0 Å². The first-order chi connectivity index (χ1) is 12.9. The monoisotopic (exact) mass is 402 g/mol. The van der Waals surface area contributed by atoms with Crippen LogP contribution in [0.25, 0.3) is 0 Å². The summed E-state index contributed by atoms with van der Waals surface area (Å²) in [5, 5.41) is 60.2. The molecule has 1 aliphatic heterocycles. The van der Waals surface area contributed by atoms with E-state index in [2.05, 4.69) is 0 Å². The second-order valence-corrected chi connectivity index (χ2v) is 8.02. The number of hydrogen-bond acceptors (Lipinski definition) is 9. The van der Waals surface area contributed by atoms with Crippen molar-refractivity contribution >= 4 is 5.78 Å². The van der Waals surface area contributed by atoms with Crippen LogP contribution in [0.4, 0.5) is 0 Å². The Morgan fingerprint density at radius 1 is 1.21 bits per heavy atom. The molecule has 0 radical (unpaired) electrons. The number of hydrogen-bond donors (Lipinski definition) is 6. The van der Waals surface area contributed by atoms with Crippen molar-refractivity contribution in [3.8, 4) is 0 Å². The minimum Gasteiger partial charge on any atom is -0.394 e. The van der Waals surface area contributed by atoms with Gasteiger partial charge in [-0.15, -0.1) is 0 Å². The van der Waals surface area contributed by atoms with Crippen LogP contribution in [0.3, 0.4) is 0 Å². The van der Waals surface area contributed by atoms with E-state index in [4.69, 9.17) is 9.47 Å². The fourth-order valence-corrected chi connectivity index (χ4v) is 3.53. The highest BCUT2D eigenvalue weighted by Gasteiger charge is 2.53. The largest absolute Gasteiger partial charge is 0.394 e. The summed E-state index contributed by atoms with van der Waals surface area (Å²) in [7, 11) is 0. The van der Waals surface area contributed by atoms with E-state index >= 15 is 0 Å². The van der Waals surface area contributed by atoms with Gasteiger partial charge in [-0.05, 0) is 31.6 Å². The van der Waals surface area contributed by atoms with E-state index in [1.165, 1.54) is 18.2 Å². The van der Waals surface area contributed by atoms with Gasteiger partial charge in [-0.3, -0.25) is 4.79 Å². The Balaban J connectivity index is 2.15. The Bertz CT molecular complexity index is 641. The lowest BCUT2D eigenvalue weighted by atomic mass is 9.63. The zero-order valence-corrected chi connectivity index (χ0v) is 16.4. The molecule has 2 rings (SSSR count). The predicted octanol–water partition coefficient (Wildman–Crippen LogP) is -1.61. The van der Waals surface area contributed by atoms with Crippen molar-refractivity contribution in [2.75, 3.05) is 6.61 Å². The molecule has 2 aliphatic rings. The van der Waals surface area contributed by atoms with Gasteiger partial charge in [-0.1, -0.05) is 19.9 Å². The lowest BCUT2D eigenvalue weighted by Crippen LogP contribution is -2.59. The van der Waals surface area contributed by atoms with E-state index < -0.39 is 66.3 Å². The van der Waals surface area contributed by atoms with Gasteiger partial charge in [-0.2, -0.15) is 0 Å². The lowest BCUT2D eigenvalue weighted by molar-refractivity contribution is -0.306. The van der Waals surface area contributed by atoms with Crippen LogP contribution in [-0.4, -0.2) is 91.5 Å². The van der Waals surface area contributed by atoms with E-state index in [0.29, 0.717) is 5.57 Å². The van der Waals surface area contributed by atoms with Crippen LogP contribution >= 0.6 is 0 Å². The topological polar surface area (TPSA) is 157 Å². The molecule has 1 aliphatic carbocycles. The van der Waals surface area contributed by atoms with Crippen molar-refractivity contribution in [3.05, 3.63) is 23.8 Å². The number of carbonyl (C=O) groups excluding carboxylic acids is 1. The molecule has 0 spiro atoms. The Hall–Kier alpha value is -1.17. The maximum Gasteiger partial charge on any atom is 0.187 e. The second kappa shape index (κ2) is 8.29. The molecule has 0 saturated carbocycles. The first-order valence-electron chi connectivity index (χ1n) is 9.15. The molecule has 1 heterocycles. The van der Waals surface area contributed by atoms with Crippen molar-refractivity contribution in [1.82, 2.24) is 0 Å². The molecule has 1 saturated heterocycles. The summed E-state index contributed by atoms with van der Waals surface area (Å²) in [6.07, 6.45) is -5.00. The third kappa shape index (κ3) is 3.94. The molecule has 0 unspecified atom stereocenters. The first kappa shape index (κ1) is 23.1. The van der Waals surface area contributed by atoms with E-state index in [0.717, 1.165) is 0 Å². The summed E-state index contributed by atoms with van der Waals surface area (Å²) in [6, 6.07) is 0. The molecule has 9 nitrogen and oxygen atoms in total. The third-order valence-electron chi connectivity index (χ3n) is 5.70. The molecule has 6 N–H and O–H groups in total. The third-order valence-corrected chi connectivity index (χ3v) is 5.70. The highest BCUT2D eigenvalue weighted by atomic mass is 16.7. The fraction of sp³-hybridized carbons (Fsp3) is 0.737. The van der Waals surface area contributed by atoms with Gasteiger partial charge >= 0.3 is 0 Å². The molecule has 160 valence electrons. The molecule has 0 aromatic rings. The number of ketones is 1. The summed E-state index contributed by atoms with van der Waals surface area (Å²) in [6.45, 7) is 5.74. The highest BCUT2D eigenvalue weighted by molar-refractivity contribution is 5.96. The van der Waals surface area contributed by atoms with E-state index in [-0.39, 0.29) is 0 Å². The Labute approximate surface area is 163 Å². The van der Waals surface area contributed by atoms with Gasteiger partial charge in [-0.25, -0.2) is 0 Å². The van der Waals surface area contributed by atoms with Crippen LogP contribution in [0.1, 0.15) is 27.7 Å². The first-order valence-corrected chi connectivity index (χ1v) is 9.15. The number of aliphatic hydroxyl groups is 6. The average Bonchev–Trinajstić information content (AvgIpc) is 2.64. The van der Waals surface area contributed by atoms with Crippen LogP contribution in [-0.2, 0) is 14.3 Å². The van der Waals surface area contributed by atoms with Crippen molar-refractivity contribution < 1.29 is 44.9 Å². The zero-order chi connectivity index (χ0) is 21.4. The van der Waals surface area contributed by atoms with Gasteiger partial charge < -0.3 is 40.1 Å². The highest BCUT2D eigenvalue weighted by Crippen LogP contribution is 2.44. The number of rotatable bonds is 5. The Kier molecular flexibility index (Phi) is 6.84. The maximum atomic E-state index is 11.9. The molecule has 0 aromatic heterocycles. The molecular formula is C19H30O9. The van der Waals surface area contributed by atoms with E-state index in [1.54, 1.807) is 27.7 Å². The minimum absolute atomic E-state index is 0.365. The summed E-state index contributed by atoms with van der Waals surface area (Å²) < 4.78 is 10.8. The van der Waals surface area contributed by atoms with E-state index in [9.17, 15) is 35.4 Å². The van der Waals surface area contributed by atoms with Gasteiger partial charge in [0.1, 0.15) is 36.1 Å². The van der Waals surface area contributed by atoms with Crippen molar-refractivity contribution in [2.45, 2.75) is 76.2 Å². The Morgan fingerprint density at radius 2 is 1.82 bits per heavy atom. The van der Waals surface area contributed by atoms with Crippen LogP contribution < -0.4 is 0 Å². The number of aliphatic hydroxyl groups excluding tert-OH is 5. The fourth-order valence-electron chi connectivity index (χ4n) is 3.53. The summed E-state index contributed by atoms with van der Waals surface area (Å²) >= 11 is 0. The summed E-state index contributed by atoms with van der Waals surface area (Å²) in [5.41, 5.74) is -2.45. The molecule has 0 amide bonds. The Morgan fingerprint density at radius 3 is 2.39 bits per heavy atom. The predicted molar refractivity (Wildman–Crippen MR) is 97.0 cm³/mol. The van der Waals surface area contributed by atoms with Crippen molar-refractivity contribution in [1.29, 1.82) is 0 Å². The van der Waals surface area contributed by atoms with Gasteiger partial charge in [0.25, 0.3) is 0 Å². The minimum atomic E-state index is -1.62. The lowest BCUT2D eigenvalue weighted by Gasteiger charge is -2.46. The van der Waals surface area contributed by atoms with Crippen molar-refractivity contribution in [3.63, 3.8) is 0 Å². The van der Waals surface area contributed by atoms with Gasteiger partial charge in [0.05, 0.1) is 12.7 Å². The van der Waals surface area contributed by atoms with Gasteiger partial charge in [0.15, 0.2) is 12.1 Å². The molecular weight excluding hydrogens is 372 g/mol. The maximum absolute atomic E-state index is 11.9. The SMILES string of the molecule is CC1=CC(=O)[C@H](O)C(C)(C)[C@@]1(O)/C=C/[C@H](C)O[C@@H]1O[C@H](CO)[C@@H](O)[C@H](O)[C@H]1O. The normalized spacial score (nSPS) is 42.5. The number of carbonyl (C=O) groups is 1. The smallest absolute Gasteiger partial charge is 0.187 e.